The van der Waals surface area contributed by atoms with Crippen molar-refractivity contribution in [2.45, 2.75) is 340 Å². The van der Waals surface area contributed by atoms with E-state index in [4.69, 9.17) is 0 Å². The summed E-state index contributed by atoms with van der Waals surface area (Å²) in [4.78, 5) is 12.6. The number of aliphatic hydroxyl groups excluding tert-OH is 4. The van der Waals surface area contributed by atoms with Crippen molar-refractivity contribution in [2.75, 3.05) is 6.61 Å². The summed E-state index contributed by atoms with van der Waals surface area (Å²) < 4.78 is 0. The molecule has 416 valence electrons. The number of nitrogens with one attached hydrogen (secondary N) is 1. The van der Waals surface area contributed by atoms with Gasteiger partial charge in [0.15, 0.2) is 0 Å². The van der Waals surface area contributed by atoms with Crippen molar-refractivity contribution < 1.29 is 25.2 Å². The Kier molecular flexibility index (Phi) is 57.2. The Hall–Kier alpha value is -1.99. The third-order valence-electron chi connectivity index (χ3n) is 14.4. The van der Waals surface area contributed by atoms with Gasteiger partial charge < -0.3 is 25.7 Å². The van der Waals surface area contributed by atoms with Crippen LogP contribution >= 0.6 is 0 Å². The van der Waals surface area contributed by atoms with E-state index < -0.39 is 36.9 Å². The van der Waals surface area contributed by atoms with E-state index in [1.807, 2.05) is 0 Å². The highest BCUT2D eigenvalue weighted by molar-refractivity contribution is 5.80. The Morgan fingerprint density at radius 1 is 0.352 bits per heavy atom. The molecule has 0 rings (SSSR count). The van der Waals surface area contributed by atoms with Gasteiger partial charge in [0.05, 0.1) is 18.8 Å². The van der Waals surface area contributed by atoms with Gasteiger partial charge in [-0.3, -0.25) is 4.79 Å². The second kappa shape index (κ2) is 58.9. The molecule has 0 aliphatic heterocycles. The first-order valence-corrected chi connectivity index (χ1v) is 31.2. The van der Waals surface area contributed by atoms with Crippen LogP contribution in [0.3, 0.4) is 0 Å². The summed E-state index contributed by atoms with van der Waals surface area (Å²) in [6.45, 7) is 4.07. The average Bonchev–Trinajstić information content (AvgIpc) is 3.38. The summed E-state index contributed by atoms with van der Waals surface area (Å²) in [5.41, 5.74) is 0. The van der Waals surface area contributed by atoms with E-state index in [1.165, 1.54) is 218 Å². The first-order valence-electron chi connectivity index (χ1n) is 31.2. The second-order valence-electron chi connectivity index (χ2n) is 21.4. The van der Waals surface area contributed by atoms with Crippen molar-refractivity contribution in [1.29, 1.82) is 0 Å². The monoisotopic (exact) mass is 996 g/mol. The molecule has 0 aromatic heterocycles. The van der Waals surface area contributed by atoms with Crippen LogP contribution < -0.4 is 5.32 Å². The molecule has 0 saturated carbocycles. The third-order valence-corrected chi connectivity index (χ3v) is 14.4. The van der Waals surface area contributed by atoms with Crippen LogP contribution in [0.2, 0.25) is 0 Å². The number of hydrogen-bond acceptors (Lipinski definition) is 5. The standard InChI is InChI=1S/C65H121NO5/c1-3-5-7-9-11-13-15-17-19-21-23-25-27-29-30-31-32-33-34-35-37-38-40-42-44-46-48-50-52-54-56-58-62(68)64(70)61(60-67)66-65(71)63(69)59-57-55-53-51-49-47-45-43-41-39-36-28-26-24-22-20-18-16-14-12-10-8-6-4-2/h24,26,35-37,39,42,44,50,52,61-64,67-70H,3-23,25,27-34,38,40-41,43,45-49,51,53-60H2,1-2H3,(H,66,71)/b26-24-,37-35+,39-36-,44-42+,52-50+. The van der Waals surface area contributed by atoms with Crippen molar-refractivity contribution in [1.82, 2.24) is 5.32 Å². The lowest BCUT2D eigenvalue weighted by Crippen LogP contribution is -2.53. The smallest absolute Gasteiger partial charge is 0.249 e. The molecule has 0 fully saturated rings. The van der Waals surface area contributed by atoms with Crippen LogP contribution in [-0.2, 0) is 4.79 Å². The molecule has 5 N–H and O–H groups in total. The van der Waals surface area contributed by atoms with Crippen molar-refractivity contribution in [3.8, 4) is 0 Å². The lowest BCUT2D eigenvalue weighted by molar-refractivity contribution is -0.132. The van der Waals surface area contributed by atoms with Crippen LogP contribution in [0.4, 0.5) is 0 Å². The highest BCUT2D eigenvalue weighted by Gasteiger charge is 2.28. The van der Waals surface area contributed by atoms with Gasteiger partial charge in [-0.1, -0.05) is 280 Å². The van der Waals surface area contributed by atoms with E-state index in [2.05, 4.69) is 79.9 Å². The minimum Gasteiger partial charge on any atom is -0.394 e. The maximum Gasteiger partial charge on any atom is 0.249 e. The second-order valence-corrected chi connectivity index (χ2v) is 21.4. The van der Waals surface area contributed by atoms with E-state index in [0.717, 1.165) is 64.2 Å². The van der Waals surface area contributed by atoms with Gasteiger partial charge in [0.2, 0.25) is 5.91 Å². The van der Waals surface area contributed by atoms with Gasteiger partial charge in [0, 0.05) is 0 Å². The quantitative estimate of drug-likeness (QED) is 0.0308. The molecule has 4 atom stereocenters. The van der Waals surface area contributed by atoms with Gasteiger partial charge in [-0.25, -0.2) is 0 Å². The topological polar surface area (TPSA) is 110 Å². The highest BCUT2D eigenvalue weighted by Crippen LogP contribution is 2.17. The van der Waals surface area contributed by atoms with E-state index in [0.29, 0.717) is 19.3 Å². The molecule has 0 aliphatic carbocycles. The summed E-state index contributed by atoms with van der Waals surface area (Å²) in [5, 5.41) is 44.0. The van der Waals surface area contributed by atoms with Crippen molar-refractivity contribution in [3.05, 3.63) is 60.8 Å². The zero-order chi connectivity index (χ0) is 51.6. The van der Waals surface area contributed by atoms with Gasteiger partial charge >= 0.3 is 0 Å². The Balaban J connectivity index is 3.70. The van der Waals surface area contributed by atoms with Crippen LogP contribution in [0.5, 0.6) is 0 Å². The number of aliphatic hydroxyl groups is 4. The molecule has 0 bridgehead atoms. The molecule has 0 aromatic carbocycles. The summed E-state index contributed by atoms with van der Waals surface area (Å²) in [5.74, 6) is -0.603. The maximum atomic E-state index is 12.6. The molecule has 0 spiro atoms. The van der Waals surface area contributed by atoms with Crippen molar-refractivity contribution >= 4 is 5.91 Å². The molecular weight excluding hydrogens is 875 g/mol. The normalized spacial score (nSPS) is 14.1. The van der Waals surface area contributed by atoms with Crippen LogP contribution in [-0.4, -0.2) is 57.3 Å². The number of amides is 1. The predicted molar refractivity (Wildman–Crippen MR) is 311 cm³/mol. The molecule has 0 radical (unpaired) electrons. The molecule has 6 heteroatoms. The Morgan fingerprint density at radius 3 is 0.972 bits per heavy atom. The lowest BCUT2D eigenvalue weighted by atomic mass is 10.00. The van der Waals surface area contributed by atoms with Gasteiger partial charge in [0.25, 0.3) is 0 Å². The van der Waals surface area contributed by atoms with Crippen LogP contribution in [0.15, 0.2) is 60.8 Å². The molecule has 0 aliphatic rings. The van der Waals surface area contributed by atoms with Crippen LogP contribution in [0.25, 0.3) is 0 Å². The highest BCUT2D eigenvalue weighted by atomic mass is 16.3. The van der Waals surface area contributed by atoms with Gasteiger partial charge in [0.1, 0.15) is 12.2 Å². The third kappa shape index (κ3) is 52.7. The first kappa shape index (κ1) is 69.0. The zero-order valence-corrected chi connectivity index (χ0v) is 47.2. The Morgan fingerprint density at radius 2 is 0.634 bits per heavy atom. The molecule has 1 amide bonds. The fraction of sp³-hybridized carbons (Fsp3) is 0.831. The largest absolute Gasteiger partial charge is 0.394 e. The van der Waals surface area contributed by atoms with E-state index in [1.54, 1.807) is 0 Å². The number of rotatable bonds is 57. The summed E-state index contributed by atoms with van der Waals surface area (Å²) in [7, 11) is 0. The number of carbonyl (C=O) groups is 1. The minimum atomic E-state index is -1.30. The van der Waals surface area contributed by atoms with Crippen molar-refractivity contribution in [2.24, 2.45) is 0 Å². The molecule has 0 saturated heterocycles. The Bertz CT molecular complexity index is 1210. The van der Waals surface area contributed by atoms with Gasteiger partial charge in [-0.2, -0.15) is 0 Å². The van der Waals surface area contributed by atoms with Crippen molar-refractivity contribution in [3.63, 3.8) is 0 Å². The first-order chi connectivity index (χ1) is 35.0. The number of allylic oxidation sites excluding steroid dienone is 10. The molecule has 6 nitrogen and oxygen atoms in total. The number of hydrogen-bond donors (Lipinski definition) is 5. The summed E-state index contributed by atoms with van der Waals surface area (Å²) in [6, 6.07) is -1.02. The molecule has 0 aromatic rings. The molecule has 71 heavy (non-hydrogen) atoms. The molecular formula is C65H121NO5. The Labute approximate surface area is 442 Å². The minimum absolute atomic E-state index is 0.350. The predicted octanol–water partition coefficient (Wildman–Crippen LogP) is 18.7. The van der Waals surface area contributed by atoms with E-state index in [-0.39, 0.29) is 0 Å². The molecule has 4 unspecified atom stereocenters. The summed E-state index contributed by atoms with van der Waals surface area (Å²) in [6.07, 6.45) is 77.4. The van der Waals surface area contributed by atoms with Gasteiger partial charge in [-0.15, -0.1) is 0 Å². The zero-order valence-electron chi connectivity index (χ0n) is 47.2. The van der Waals surface area contributed by atoms with Crippen LogP contribution in [0, 0.1) is 0 Å². The van der Waals surface area contributed by atoms with E-state index >= 15 is 0 Å². The average molecular weight is 997 g/mol. The number of unbranched alkanes of at least 4 members (excludes halogenated alkanes) is 38. The maximum absolute atomic E-state index is 12.6. The fourth-order valence-corrected chi connectivity index (χ4v) is 9.53. The molecule has 0 heterocycles. The number of carbonyl (C=O) groups excluding carboxylic acids is 1. The lowest BCUT2D eigenvalue weighted by Gasteiger charge is -2.27. The van der Waals surface area contributed by atoms with Gasteiger partial charge in [-0.05, 0) is 96.3 Å². The van der Waals surface area contributed by atoms with Crippen LogP contribution in [0.1, 0.15) is 316 Å². The van der Waals surface area contributed by atoms with E-state index in [9.17, 15) is 25.2 Å². The SMILES string of the molecule is CCCCCCCCCCC/C=C\C/C=C\CCCCCCCCCCC(O)C(=O)NC(CO)C(O)C(O)CCC/C=C/CC/C=C/CC/C=C/CCCCCCCCCCCCCCCCCCCC. The summed E-state index contributed by atoms with van der Waals surface area (Å²) >= 11 is 0. The fourth-order valence-electron chi connectivity index (χ4n) is 9.53.